The second-order valence-corrected chi connectivity index (χ2v) is 8.50. The number of amides is 1. The molecule has 10 heteroatoms. The van der Waals surface area contributed by atoms with E-state index >= 15 is 0 Å². The van der Waals surface area contributed by atoms with Crippen LogP contribution in [0.5, 0.6) is 0 Å². The van der Waals surface area contributed by atoms with Crippen molar-refractivity contribution >= 4 is 43.9 Å². The van der Waals surface area contributed by atoms with Gasteiger partial charge in [0.05, 0.1) is 12.3 Å². The Morgan fingerprint density at radius 1 is 1.46 bits per heavy atom. The highest BCUT2D eigenvalue weighted by molar-refractivity contribution is 9.10. The van der Waals surface area contributed by atoms with Crippen LogP contribution in [0.3, 0.4) is 0 Å². The summed E-state index contributed by atoms with van der Waals surface area (Å²) in [5.41, 5.74) is 0.629. The van der Waals surface area contributed by atoms with Crippen LogP contribution in [0, 0.1) is 4.77 Å². The molecule has 0 atom stereocenters. The van der Waals surface area contributed by atoms with Crippen LogP contribution in [0.4, 0.5) is 0 Å². The summed E-state index contributed by atoms with van der Waals surface area (Å²) >= 11 is 8.35. The van der Waals surface area contributed by atoms with Gasteiger partial charge in [0, 0.05) is 11.0 Å². The quantitative estimate of drug-likeness (QED) is 0.651. The number of hydrogen-bond acceptors (Lipinski definition) is 5. The molecule has 7 nitrogen and oxygen atoms in total. The summed E-state index contributed by atoms with van der Waals surface area (Å²) < 4.78 is 27.3. The zero-order valence-electron chi connectivity index (χ0n) is 13.0. The Labute approximate surface area is 153 Å². The normalized spacial score (nSPS) is 11.4. The van der Waals surface area contributed by atoms with Crippen LogP contribution in [0.2, 0.25) is 0 Å². The van der Waals surface area contributed by atoms with Gasteiger partial charge in [-0.1, -0.05) is 28.1 Å². The Balaban J connectivity index is 1.94. The molecule has 0 unspecified atom stereocenters. The summed E-state index contributed by atoms with van der Waals surface area (Å²) in [7, 11) is -3.55. The van der Waals surface area contributed by atoms with E-state index in [0.29, 0.717) is 22.7 Å². The summed E-state index contributed by atoms with van der Waals surface area (Å²) in [6.07, 6.45) is 0. The molecule has 0 spiro atoms. The van der Waals surface area contributed by atoms with E-state index in [9.17, 15) is 13.2 Å². The van der Waals surface area contributed by atoms with Crippen LogP contribution in [0.25, 0.3) is 0 Å². The molecular formula is C14H17BrN4O3S2. The topological polar surface area (TPSA) is 96.8 Å². The minimum Gasteiger partial charge on any atom is -0.348 e. The van der Waals surface area contributed by atoms with Crippen molar-refractivity contribution in [3.8, 4) is 0 Å². The maximum Gasteiger partial charge on any atom is 0.235 e. The molecule has 0 aliphatic heterocycles. The van der Waals surface area contributed by atoms with E-state index in [4.69, 9.17) is 12.2 Å². The van der Waals surface area contributed by atoms with Gasteiger partial charge in [-0.2, -0.15) is 5.10 Å². The fraction of sp³-hybridized carbons (Fsp3) is 0.357. The number of rotatable bonds is 7. The molecule has 0 bridgehead atoms. The summed E-state index contributed by atoms with van der Waals surface area (Å²) in [5, 5.41) is 9.21. The molecule has 0 saturated heterocycles. The third kappa shape index (κ3) is 5.25. The lowest BCUT2D eigenvalue weighted by molar-refractivity contribution is -0.118. The predicted molar refractivity (Wildman–Crippen MR) is 96.6 cm³/mol. The van der Waals surface area contributed by atoms with Gasteiger partial charge >= 0.3 is 0 Å². The van der Waals surface area contributed by atoms with Gasteiger partial charge in [0.15, 0.2) is 20.4 Å². The molecule has 1 amide bonds. The number of H-pyrrole nitrogens is 1. The van der Waals surface area contributed by atoms with Gasteiger partial charge < -0.3 is 9.88 Å². The summed E-state index contributed by atoms with van der Waals surface area (Å²) in [6.45, 7) is 2.63. The number of hydrogen-bond donors (Lipinski definition) is 2. The Morgan fingerprint density at radius 2 is 2.21 bits per heavy atom. The van der Waals surface area contributed by atoms with Crippen LogP contribution < -0.4 is 5.32 Å². The molecule has 130 valence electrons. The second kappa shape index (κ2) is 8.04. The highest BCUT2D eigenvalue weighted by Crippen LogP contribution is 2.14. The number of sulfone groups is 1. The van der Waals surface area contributed by atoms with Gasteiger partial charge in [0.2, 0.25) is 5.91 Å². The first-order valence-corrected chi connectivity index (χ1v) is 10.2. The number of nitrogens with one attached hydrogen (secondary N) is 2. The lowest BCUT2D eigenvalue weighted by atomic mass is 10.2. The van der Waals surface area contributed by atoms with Gasteiger partial charge in [-0.3, -0.25) is 9.89 Å². The van der Waals surface area contributed by atoms with Crippen LogP contribution in [0.15, 0.2) is 28.7 Å². The molecule has 0 radical (unpaired) electrons. The molecule has 0 aliphatic rings. The Morgan fingerprint density at radius 3 is 2.88 bits per heavy atom. The van der Waals surface area contributed by atoms with E-state index < -0.39 is 21.5 Å². The van der Waals surface area contributed by atoms with Crippen molar-refractivity contribution in [1.29, 1.82) is 0 Å². The molecule has 0 fully saturated rings. The molecule has 0 saturated carbocycles. The first kappa shape index (κ1) is 18.8. The van der Waals surface area contributed by atoms with E-state index in [-0.39, 0.29) is 12.3 Å². The maximum absolute atomic E-state index is 12.1. The maximum atomic E-state index is 12.1. The van der Waals surface area contributed by atoms with Gasteiger partial charge in [-0.25, -0.2) is 8.42 Å². The molecule has 1 aromatic carbocycles. The first-order valence-electron chi connectivity index (χ1n) is 7.16. The minimum atomic E-state index is -3.55. The van der Waals surface area contributed by atoms with E-state index in [0.717, 1.165) is 4.47 Å². The fourth-order valence-electron chi connectivity index (χ4n) is 2.17. The molecule has 2 aromatic rings. The molecule has 24 heavy (non-hydrogen) atoms. The average molecular weight is 433 g/mol. The highest BCUT2D eigenvalue weighted by Gasteiger charge is 2.18. The van der Waals surface area contributed by atoms with Crippen molar-refractivity contribution < 1.29 is 13.2 Å². The summed E-state index contributed by atoms with van der Waals surface area (Å²) in [4.78, 5) is 11.9. The predicted octanol–water partition coefficient (Wildman–Crippen LogP) is 1.95. The van der Waals surface area contributed by atoms with Crippen molar-refractivity contribution in [1.82, 2.24) is 20.1 Å². The van der Waals surface area contributed by atoms with E-state index in [1.165, 1.54) is 0 Å². The molecule has 1 heterocycles. The molecular weight excluding hydrogens is 416 g/mol. The summed E-state index contributed by atoms with van der Waals surface area (Å²) in [5.74, 6) is -0.772. The second-order valence-electron chi connectivity index (χ2n) is 5.13. The smallest absolute Gasteiger partial charge is 0.235 e. The van der Waals surface area contributed by atoms with Crippen LogP contribution >= 0.6 is 28.1 Å². The fourth-order valence-corrected chi connectivity index (χ4v) is 4.19. The van der Waals surface area contributed by atoms with Crippen LogP contribution in [0.1, 0.15) is 18.3 Å². The lowest BCUT2D eigenvalue weighted by Crippen LogP contribution is -2.31. The van der Waals surface area contributed by atoms with Crippen LogP contribution in [-0.2, 0) is 33.5 Å². The standard InChI is InChI=1S/C14H17BrN4O3S2/c1-2-19-12(17-18-14(19)23)7-16-13(20)9-24(21,22)8-10-4-3-5-11(15)6-10/h3-6H,2,7-9H2,1H3,(H,16,20)(H,18,23). The number of aromatic nitrogens is 3. The Bertz CT molecular complexity index is 889. The number of halogens is 1. The molecule has 1 aromatic heterocycles. The van der Waals surface area contributed by atoms with E-state index in [1.807, 2.05) is 13.0 Å². The Kier molecular flexibility index (Phi) is 6.30. The number of carbonyl (C=O) groups is 1. The molecule has 2 rings (SSSR count). The zero-order valence-corrected chi connectivity index (χ0v) is 16.2. The van der Waals surface area contributed by atoms with Gasteiger partial charge in [-0.05, 0) is 36.8 Å². The monoisotopic (exact) mass is 432 g/mol. The highest BCUT2D eigenvalue weighted by atomic mass is 79.9. The van der Waals surface area contributed by atoms with Gasteiger partial charge in [0.1, 0.15) is 5.75 Å². The Hall–Kier alpha value is -1.52. The van der Waals surface area contributed by atoms with Gasteiger partial charge in [-0.15, -0.1) is 0 Å². The number of carbonyl (C=O) groups excluding carboxylic acids is 1. The van der Waals surface area contributed by atoms with E-state index in [1.54, 1.807) is 22.8 Å². The van der Waals surface area contributed by atoms with E-state index in [2.05, 4.69) is 31.4 Å². The SMILES string of the molecule is CCn1c(CNC(=O)CS(=O)(=O)Cc2cccc(Br)c2)n[nH]c1=S. The summed E-state index contributed by atoms with van der Waals surface area (Å²) in [6, 6.07) is 6.99. The average Bonchev–Trinajstić information content (AvgIpc) is 2.84. The zero-order chi connectivity index (χ0) is 17.7. The van der Waals surface area contributed by atoms with Crippen molar-refractivity contribution in [2.45, 2.75) is 25.8 Å². The van der Waals surface area contributed by atoms with Gasteiger partial charge in [0.25, 0.3) is 0 Å². The third-order valence-electron chi connectivity index (χ3n) is 3.22. The van der Waals surface area contributed by atoms with Crippen molar-refractivity contribution in [3.63, 3.8) is 0 Å². The first-order chi connectivity index (χ1) is 11.3. The van der Waals surface area contributed by atoms with Crippen molar-refractivity contribution in [2.24, 2.45) is 0 Å². The van der Waals surface area contributed by atoms with Crippen molar-refractivity contribution in [3.05, 3.63) is 44.9 Å². The number of benzene rings is 1. The van der Waals surface area contributed by atoms with Crippen molar-refractivity contribution in [2.75, 3.05) is 5.75 Å². The lowest BCUT2D eigenvalue weighted by Gasteiger charge is -2.07. The largest absolute Gasteiger partial charge is 0.348 e. The molecule has 0 aliphatic carbocycles. The minimum absolute atomic E-state index is 0.117. The molecule has 2 N–H and O–H groups in total. The third-order valence-corrected chi connectivity index (χ3v) is 5.50. The number of nitrogens with zero attached hydrogens (tertiary/aromatic N) is 2. The number of aromatic amines is 1. The van der Waals surface area contributed by atoms with Crippen LogP contribution in [-0.4, -0.2) is 34.8 Å².